The predicted molar refractivity (Wildman–Crippen MR) is 62.0 cm³/mol. The van der Waals surface area contributed by atoms with E-state index in [0.29, 0.717) is 0 Å². The van der Waals surface area contributed by atoms with Gasteiger partial charge in [0.1, 0.15) is 11.3 Å². The minimum Gasteiger partial charge on any atom is -0.493 e. The van der Waals surface area contributed by atoms with Crippen LogP contribution in [0.15, 0.2) is 23.1 Å². The molecular weight excluding hydrogens is 268 g/mol. The molecule has 1 aromatic carbocycles. The van der Waals surface area contributed by atoms with Crippen molar-refractivity contribution in [2.45, 2.75) is 11.8 Å². The van der Waals surface area contributed by atoms with Gasteiger partial charge in [-0.15, -0.1) is 0 Å². The Labute approximate surface area is 104 Å². The van der Waals surface area contributed by atoms with Crippen LogP contribution in [-0.2, 0) is 13.8 Å². The summed E-state index contributed by atoms with van der Waals surface area (Å²) in [5.74, 6) is -0.479. The molecule has 0 aliphatic heterocycles. The molecule has 7 heteroatoms. The fourth-order valence-corrected chi connectivity index (χ4v) is 1.97. The number of rotatable bonds is 4. The maximum absolute atomic E-state index is 11.4. The molecule has 0 amide bonds. The molecular formula is C10H11ClO5S. The van der Waals surface area contributed by atoms with E-state index in [1.807, 2.05) is 0 Å². The molecule has 0 aromatic heterocycles. The minimum absolute atomic E-state index is 0.126. The van der Waals surface area contributed by atoms with Crippen LogP contribution in [0.2, 0.25) is 0 Å². The SMILES string of the molecule is CCOc1cc(S(=O)(=O)Cl)ccc1C(=O)OC. The van der Waals surface area contributed by atoms with Crippen LogP contribution in [0.4, 0.5) is 0 Å². The lowest BCUT2D eigenvalue weighted by atomic mass is 10.2. The number of methoxy groups -OCH3 is 1. The van der Waals surface area contributed by atoms with Gasteiger partial charge in [0.05, 0.1) is 18.6 Å². The monoisotopic (exact) mass is 278 g/mol. The lowest BCUT2D eigenvalue weighted by Crippen LogP contribution is -2.06. The van der Waals surface area contributed by atoms with Gasteiger partial charge in [-0.05, 0) is 19.1 Å². The summed E-state index contributed by atoms with van der Waals surface area (Å²) < 4.78 is 32.0. The van der Waals surface area contributed by atoms with Gasteiger partial charge in [-0.3, -0.25) is 0 Å². The van der Waals surface area contributed by atoms with Gasteiger partial charge < -0.3 is 9.47 Å². The summed E-state index contributed by atoms with van der Waals surface area (Å²) in [5.41, 5.74) is 0.151. The molecule has 0 aliphatic rings. The second kappa shape index (κ2) is 5.37. The first-order valence-corrected chi connectivity index (χ1v) is 7.01. The smallest absolute Gasteiger partial charge is 0.341 e. The van der Waals surface area contributed by atoms with Gasteiger partial charge >= 0.3 is 5.97 Å². The van der Waals surface area contributed by atoms with E-state index in [9.17, 15) is 13.2 Å². The third-order valence-electron chi connectivity index (χ3n) is 1.94. The van der Waals surface area contributed by atoms with Crippen LogP contribution < -0.4 is 4.74 Å². The summed E-state index contributed by atoms with van der Waals surface area (Å²) in [7, 11) is 2.57. The van der Waals surface area contributed by atoms with Crippen molar-refractivity contribution in [1.29, 1.82) is 0 Å². The van der Waals surface area contributed by atoms with Gasteiger partial charge in [-0.2, -0.15) is 0 Å². The number of benzene rings is 1. The molecule has 94 valence electrons. The third-order valence-corrected chi connectivity index (χ3v) is 3.29. The Hall–Kier alpha value is -1.27. The van der Waals surface area contributed by atoms with Crippen molar-refractivity contribution in [3.63, 3.8) is 0 Å². The quantitative estimate of drug-likeness (QED) is 0.620. The fourth-order valence-electron chi connectivity index (χ4n) is 1.21. The highest BCUT2D eigenvalue weighted by Gasteiger charge is 2.18. The van der Waals surface area contributed by atoms with Gasteiger partial charge in [0.15, 0.2) is 0 Å². The van der Waals surface area contributed by atoms with E-state index in [2.05, 4.69) is 4.74 Å². The molecule has 5 nitrogen and oxygen atoms in total. The van der Waals surface area contributed by atoms with E-state index < -0.39 is 15.0 Å². The van der Waals surface area contributed by atoms with Gasteiger partial charge in [0, 0.05) is 16.7 Å². The largest absolute Gasteiger partial charge is 0.493 e. The highest BCUT2D eigenvalue weighted by Crippen LogP contribution is 2.25. The van der Waals surface area contributed by atoms with Crippen molar-refractivity contribution in [3.8, 4) is 5.75 Å². The van der Waals surface area contributed by atoms with Gasteiger partial charge in [-0.1, -0.05) is 0 Å². The summed E-state index contributed by atoms with van der Waals surface area (Å²) in [4.78, 5) is 11.3. The van der Waals surface area contributed by atoms with Crippen LogP contribution in [0.1, 0.15) is 17.3 Å². The maximum Gasteiger partial charge on any atom is 0.341 e. The molecule has 0 saturated carbocycles. The average molecular weight is 279 g/mol. The Balaban J connectivity index is 3.31. The van der Waals surface area contributed by atoms with E-state index in [4.69, 9.17) is 15.4 Å². The Morgan fingerprint density at radius 3 is 2.53 bits per heavy atom. The molecule has 0 atom stereocenters. The predicted octanol–water partition coefficient (Wildman–Crippen LogP) is 1.80. The molecule has 0 bridgehead atoms. The minimum atomic E-state index is -3.85. The lowest BCUT2D eigenvalue weighted by Gasteiger charge is -2.09. The Morgan fingerprint density at radius 2 is 2.06 bits per heavy atom. The zero-order valence-electron chi connectivity index (χ0n) is 9.27. The second-order valence-electron chi connectivity index (χ2n) is 3.02. The van der Waals surface area contributed by atoms with Crippen molar-refractivity contribution in [2.24, 2.45) is 0 Å². The van der Waals surface area contributed by atoms with E-state index in [1.54, 1.807) is 6.92 Å². The number of carbonyl (C=O) groups is 1. The van der Waals surface area contributed by atoms with E-state index in [-0.39, 0.29) is 22.8 Å². The van der Waals surface area contributed by atoms with Crippen LogP contribution in [0.3, 0.4) is 0 Å². The van der Waals surface area contributed by atoms with Gasteiger partial charge in [0.25, 0.3) is 9.05 Å². The van der Waals surface area contributed by atoms with Crippen molar-refractivity contribution in [3.05, 3.63) is 23.8 Å². The highest BCUT2D eigenvalue weighted by atomic mass is 35.7. The molecule has 0 N–H and O–H groups in total. The normalized spacial score (nSPS) is 11.0. The second-order valence-corrected chi connectivity index (χ2v) is 5.59. The number of halogens is 1. The fraction of sp³-hybridized carbons (Fsp3) is 0.300. The summed E-state index contributed by atoms with van der Waals surface area (Å²) in [6.07, 6.45) is 0. The van der Waals surface area contributed by atoms with Crippen molar-refractivity contribution < 1.29 is 22.7 Å². The first kappa shape index (κ1) is 13.8. The molecule has 0 saturated heterocycles. The van der Waals surface area contributed by atoms with Crippen LogP contribution in [-0.4, -0.2) is 28.1 Å². The van der Waals surface area contributed by atoms with Crippen molar-refractivity contribution in [2.75, 3.05) is 13.7 Å². The van der Waals surface area contributed by atoms with Crippen LogP contribution in [0.5, 0.6) is 5.75 Å². The number of ether oxygens (including phenoxy) is 2. The van der Waals surface area contributed by atoms with E-state index in [0.717, 1.165) is 0 Å². The number of hydrogen-bond donors (Lipinski definition) is 0. The summed E-state index contributed by atoms with van der Waals surface area (Å²) >= 11 is 0. The Morgan fingerprint density at radius 1 is 1.41 bits per heavy atom. The molecule has 0 heterocycles. The first-order chi connectivity index (χ1) is 7.90. The lowest BCUT2D eigenvalue weighted by molar-refractivity contribution is 0.0596. The summed E-state index contributed by atoms with van der Waals surface area (Å²) in [6.45, 7) is 2.00. The molecule has 0 spiro atoms. The average Bonchev–Trinajstić information content (AvgIpc) is 2.27. The molecule has 1 aromatic rings. The number of hydrogen-bond acceptors (Lipinski definition) is 5. The van der Waals surface area contributed by atoms with E-state index in [1.165, 1.54) is 25.3 Å². The Kier molecular flexibility index (Phi) is 4.36. The summed E-state index contributed by atoms with van der Waals surface area (Å²) in [6, 6.07) is 3.71. The van der Waals surface area contributed by atoms with E-state index >= 15 is 0 Å². The summed E-state index contributed by atoms with van der Waals surface area (Å²) in [5, 5.41) is 0. The zero-order valence-corrected chi connectivity index (χ0v) is 10.8. The van der Waals surface area contributed by atoms with Crippen molar-refractivity contribution >= 4 is 25.7 Å². The van der Waals surface area contributed by atoms with Crippen LogP contribution >= 0.6 is 10.7 Å². The topological polar surface area (TPSA) is 69.7 Å². The Bertz CT molecular complexity index is 523. The van der Waals surface area contributed by atoms with Crippen LogP contribution in [0, 0.1) is 0 Å². The maximum atomic E-state index is 11.4. The molecule has 1 rings (SSSR count). The highest BCUT2D eigenvalue weighted by molar-refractivity contribution is 8.13. The molecule has 0 radical (unpaired) electrons. The molecule has 0 unspecified atom stereocenters. The molecule has 0 aliphatic carbocycles. The number of esters is 1. The zero-order chi connectivity index (χ0) is 13.1. The van der Waals surface area contributed by atoms with Gasteiger partial charge in [-0.25, -0.2) is 13.2 Å². The van der Waals surface area contributed by atoms with Crippen molar-refractivity contribution in [1.82, 2.24) is 0 Å². The number of carbonyl (C=O) groups excluding carboxylic acids is 1. The standard InChI is InChI=1S/C10H11ClO5S/c1-3-16-9-6-7(17(11,13)14)4-5-8(9)10(12)15-2/h4-6H,3H2,1-2H3. The first-order valence-electron chi connectivity index (χ1n) is 4.70. The molecule has 17 heavy (non-hydrogen) atoms. The van der Waals surface area contributed by atoms with Crippen LogP contribution in [0.25, 0.3) is 0 Å². The molecule has 0 fully saturated rings. The van der Waals surface area contributed by atoms with Gasteiger partial charge in [0.2, 0.25) is 0 Å². The third kappa shape index (κ3) is 3.34.